The van der Waals surface area contributed by atoms with Gasteiger partial charge in [0.1, 0.15) is 5.75 Å². The molecule has 0 saturated heterocycles. The van der Waals surface area contributed by atoms with Crippen LogP contribution in [0, 0.1) is 0 Å². The largest absolute Gasteiger partial charge is 0.494 e. The van der Waals surface area contributed by atoms with E-state index < -0.39 is 24.3 Å². The van der Waals surface area contributed by atoms with Crippen molar-refractivity contribution in [3.63, 3.8) is 0 Å². The Labute approximate surface area is 155 Å². The third kappa shape index (κ3) is 5.96. The lowest BCUT2D eigenvalue weighted by Gasteiger charge is -2.19. The summed E-state index contributed by atoms with van der Waals surface area (Å²) in [6.45, 7) is -0.798. The zero-order chi connectivity index (χ0) is 20.2. The molecular weight excluding hydrogens is 396 g/mol. The number of benzene rings is 2. The normalized spacial score (nSPS) is 13.3. The van der Waals surface area contributed by atoms with Crippen molar-refractivity contribution < 1.29 is 36.2 Å². The Hall–Kier alpha value is -2.07. The van der Waals surface area contributed by atoms with E-state index in [1.165, 1.54) is 37.4 Å². The molecule has 1 atom stereocenters. The number of hydrogen-bond donors (Lipinski definition) is 2. The van der Waals surface area contributed by atoms with E-state index >= 15 is 0 Å². The van der Waals surface area contributed by atoms with Crippen molar-refractivity contribution in [2.45, 2.75) is 22.7 Å². The predicted molar refractivity (Wildman–Crippen MR) is 90.9 cm³/mol. The summed E-state index contributed by atoms with van der Waals surface area (Å²) >= 11 is -0.270. The summed E-state index contributed by atoms with van der Waals surface area (Å²) in [6, 6.07) is 10.1. The molecule has 0 aliphatic carbocycles. The minimum absolute atomic E-state index is 0.0343. The fraction of sp³-hybridized carbons (Fsp3) is 0.294. The number of halogens is 6. The Balaban J connectivity index is 2.32. The fourth-order valence-corrected chi connectivity index (χ4v) is 2.91. The quantitative estimate of drug-likeness (QED) is 0.500. The molecule has 0 saturated carbocycles. The molecule has 0 spiro atoms. The first-order valence-corrected chi connectivity index (χ1v) is 8.35. The van der Waals surface area contributed by atoms with Gasteiger partial charge < -0.3 is 15.2 Å². The van der Waals surface area contributed by atoms with E-state index in [0.29, 0.717) is 11.1 Å². The van der Waals surface area contributed by atoms with Crippen LogP contribution in [0.25, 0.3) is 11.1 Å². The van der Waals surface area contributed by atoms with Gasteiger partial charge in [-0.05, 0) is 35.5 Å². The second kappa shape index (κ2) is 8.30. The molecule has 1 unspecified atom stereocenters. The number of methoxy groups -OCH3 is 1. The molecule has 2 aromatic rings. The predicted octanol–water partition coefficient (Wildman–Crippen LogP) is 5.31. The van der Waals surface area contributed by atoms with E-state index in [9.17, 15) is 26.3 Å². The molecule has 0 bridgehead atoms. The van der Waals surface area contributed by atoms with E-state index in [0.717, 1.165) is 0 Å². The van der Waals surface area contributed by atoms with Crippen LogP contribution in [0.2, 0.25) is 0 Å². The number of hydrogen-bond acceptors (Lipinski definition) is 4. The van der Waals surface area contributed by atoms with Gasteiger partial charge in [0.25, 0.3) is 0 Å². The summed E-state index contributed by atoms with van der Waals surface area (Å²) < 4.78 is 80.3. The van der Waals surface area contributed by atoms with Crippen molar-refractivity contribution in [1.29, 1.82) is 0 Å². The second-order valence-electron chi connectivity index (χ2n) is 5.40. The lowest BCUT2D eigenvalue weighted by atomic mass is 10.0. The Morgan fingerprint density at radius 2 is 1.74 bits per heavy atom. The zero-order valence-corrected chi connectivity index (χ0v) is 14.7. The van der Waals surface area contributed by atoms with Crippen LogP contribution < -0.4 is 10.1 Å². The summed E-state index contributed by atoms with van der Waals surface area (Å²) in [7, 11) is 1.29. The van der Waals surface area contributed by atoms with E-state index in [1.54, 1.807) is 12.1 Å². The van der Waals surface area contributed by atoms with Gasteiger partial charge in [-0.15, -0.1) is 0 Å². The molecule has 2 N–H and O–H groups in total. The summed E-state index contributed by atoms with van der Waals surface area (Å²) in [5.74, 6) is 0.154. The molecule has 0 heterocycles. The molecule has 148 valence electrons. The topological polar surface area (TPSA) is 41.5 Å². The van der Waals surface area contributed by atoms with Crippen LogP contribution in [0.4, 0.5) is 32.0 Å². The van der Waals surface area contributed by atoms with Gasteiger partial charge in [0, 0.05) is 17.0 Å². The fourth-order valence-electron chi connectivity index (χ4n) is 2.31. The molecule has 0 aliphatic rings. The van der Waals surface area contributed by atoms with Crippen LogP contribution >= 0.6 is 11.8 Å². The monoisotopic (exact) mass is 411 g/mol. The van der Waals surface area contributed by atoms with Crippen LogP contribution in [0.15, 0.2) is 47.4 Å². The van der Waals surface area contributed by atoms with Crippen LogP contribution in [0.5, 0.6) is 5.75 Å². The molecule has 2 rings (SSSR count). The van der Waals surface area contributed by atoms with Crippen molar-refractivity contribution in [2.24, 2.45) is 0 Å². The van der Waals surface area contributed by atoms with Gasteiger partial charge in [-0.1, -0.05) is 24.3 Å². The highest BCUT2D eigenvalue weighted by atomic mass is 32.2. The minimum atomic E-state index is -4.78. The zero-order valence-electron chi connectivity index (χ0n) is 13.9. The number of aliphatic hydroxyl groups is 1. The van der Waals surface area contributed by atoms with Gasteiger partial charge in [0.15, 0.2) is 6.10 Å². The maximum Gasteiger partial charge on any atom is 0.446 e. The number of thioether (sulfide) groups is 1. The molecule has 10 heteroatoms. The molecule has 27 heavy (non-hydrogen) atoms. The first-order chi connectivity index (χ1) is 12.5. The Kier molecular flexibility index (Phi) is 6.53. The van der Waals surface area contributed by atoms with Gasteiger partial charge in [-0.25, -0.2) is 0 Å². The third-order valence-corrected chi connectivity index (χ3v) is 4.18. The van der Waals surface area contributed by atoms with Crippen LogP contribution in [-0.2, 0) is 0 Å². The SMILES string of the molecule is COc1c(NCC(O)C(F)(F)F)cccc1-c1cccc(SC(F)(F)F)c1. The molecule has 2 aromatic carbocycles. The highest BCUT2D eigenvalue weighted by molar-refractivity contribution is 8.00. The van der Waals surface area contributed by atoms with Crippen molar-refractivity contribution in [3.8, 4) is 16.9 Å². The highest BCUT2D eigenvalue weighted by Gasteiger charge is 2.38. The van der Waals surface area contributed by atoms with Gasteiger partial charge in [0.2, 0.25) is 0 Å². The van der Waals surface area contributed by atoms with Crippen LogP contribution in [0.1, 0.15) is 0 Å². The summed E-state index contributed by atoms with van der Waals surface area (Å²) in [6.07, 6.45) is -7.35. The van der Waals surface area contributed by atoms with Crippen molar-refractivity contribution >= 4 is 17.4 Å². The molecule has 0 amide bonds. The maximum absolute atomic E-state index is 12.6. The molecule has 0 aliphatic heterocycles. The Morgan fingerprint density at radius 3 is 2.33 bits per heavy atom. The number of aliphatic hydroxyl groups excluding tert-OH is 1. The van der Waals surface area contributed by atoms with Crippen molar-refractivity contribution in [1.82, 2.24) is 0 Å². The minimum Gasteiger partial charge on any atom is -0.494 e. The van der Waals surface area contributed by atoms with E-state index in [-0.39, 0.29) is 28.1 Å². The van der Waals surface area contributed by atoms with E-state index in [1.807, 2.05) is 0 Å². The molecular formula is C17H15F6NO2S. The number of para-hydroxylation sites is 1. The summed E-state index contributed by atoms with van der Waals surface area (Å²) in [5, 5.41) is 11.6. The number of ether oxygens (including phenoxy) is 1. The van der Waals surface area contributed by atoms with E-state index in [4.69, 9.17) is 9.84 Å². The van der Waals surface area contributed by atoms with Gasteiger partial charge in [-0.2, -0.15) is 26.3 Å². The second-order valence-corrected chi connectivity index (χ2v) is 6.54. The standard InChI is InChI=1S/C17H15F6NO2S/c1-26-15-12(10-4-2-5-11(8-10)27-17(21,22)23)6-3-7-13(15)24-9-14(25)16(18,19)20/h2-8,14,24-25H,9H2,1H3. The first kappa shape index (κ1) is 21.2. The Bertz CT molecular complexity index is 779. The summed E-state index contributed by atoms with van der Waals surface area (Å²) in [5.41, 5.74) is -3.47. The molecule has 3 nitrogen and oxygen atoms in total. The van der Waals surface area contributed by atoms with Crippen LogP contribution in [-0.4, -0.2) is 36.5 Å². The van der Waals surface area contributed by atoms with E-state index in [2.05, 4.69) is 5.32 Å². The van der Waals surface area contributed by atoms with Crippen molar-refractivity contribution in [3.05, 3.63) is 42.5 Å². The smallest absolute Gasteiger partial charge is 0.446 e. The number of alkyl halides is 6. The number of rotatable bonds is 6. The third-order valence-electron chi connectivity index (χ3n) is 3.46. The molecule has 0 radical (unpaired) electrons. The molecule has 0 fully saturated rings. The number of nitrogens with one attached hydrogen (secondary N) is 1. The molecule has 0 aromatic heterocycles. The van der Waals surface area contributed by atoms with Crippen molar-refractivity contribution in [2.75, 3.05) is 19.0 Å². The summed E-state index contributed by atoms with van der Waals surface area (Å²) in [4.78, 5) is -0.0343. The van der Waals surface area contributed by atoms with Gasteiger partial charge in [-0.3, -0.25) is 0 Å². The maximum atomic E-state index is 12.6. The van der Waals surface area contributed by atoms with Gasteiger partial charge in [0.05, 0.1) is 12.8 Å². The average molecular weight is 411 g/mol. The average Bonchev–Trinajstić information content (AvgIpc) is 2.57. The number of anilines is 1. The van der Waals surface area contributed by atoms with Gasteiger partial charge >= 0.3 is 11.7 Å². The Morgan fingerprint density at radius 1 is 1.07 bits per heavy atom. The lowest BCUT2D eigenvalue weighted by molar-refractivity contribution is -0.198. The first-order valence-electron chi connectivity index (χ1n) is 7.53. The van der Waals surface area contributed by atoms with Crippen LogP contribution in [0.3, 0.4) is 0 Å². The lowest BCUT2D eigenvalue weighted by Crippen LogP contribution is -2.35. The highest BCUT2D eigenvalue weighted by Crippen LogP contribution is 2.41.